The van der Waals surface area contributed by atoms with Crippen molar-refractivity contribution < 1.29 is 34.1 Å². The summed E-state index contributed by atoms with van der Waals surface area (Å²) in [6.07, 6.45) is 1.65. The number of fused-ring (bicyclic) bond motifs is 1. The number of hydrogen-bond donors (Lipinski definition) is 2. The van der Waals surface area contributed by atoms with Crippen LogP contribution in [-0.4, -0.2) is 46.1 Å². The summed E-state index contributed by atoms with van der Waals surface area (Å²) in [5.74, 6) is -1.51. The number of aliphatic hydroxyl groups excluding tert-OH is 1. The summed E-state index contributed by atoms with van der Waals surface area (Å²) in [5.41, 5.74) is 1.04. The molecule has 0 unspecified atom stereocenters. The number of benzene rings is 2. The second-order valence-electron chi connectivity index (χ2n) is 7.82. The predicted octanol–water partition coefficient (Wildman–Crippen LogP) is 4.24. The van der Waals surface area contributed by atoms with Crippen LogP contribution in [0.3, 0.4) is 0 Å². The van der Waals surface area contributed by atoms with E-state index < -0.39 is 23.7 Å². The van der Waals surface area contributed by atoms with Gasteiger partial charge in [-0.1, -0.05) is 40.5 Å². The van der Waals surface area contributed by atoms with Crippen LogP contribution in [0, 0.1) is 0 Å². The fourth-order valence-electron chi connectivity index (χ4n) is 4.04. The van der Waals surface area contributed by atoms with E-state index in [2.05, 4.69) is 15.9 Å². The standard InChI is InChI=1S/C24H22BrNO7/c25-16-8-5-14(6-9-16)22(29)20-21(15-7-10-17-18(12-15)33-13-32-17)26(24(31)23(20)30)11-3-1-2-4-19(27)28/h5-10,12,21,29H,1-4,11,13H2,(H,27,28)/t21-/m1/s1. The van der Waals surface area contributed by atoms with E-state index in [1.165, 1.54) is 4.90 Å². The third-order valence-corrected chi connectivity index (χ3v) is 6.19. The fraction of sp³-hybridized carbons (Fsp3) is 0.292. The van der Waals surface area contributed by atoms with Gasteiger partial charge >= 0.3 is 5.97 Å². The molecule has 1 amide bonds. The van der Waals surface area contributed by atoms with Crippen LogP contribution in [0.4, 0.5) is 0 Å². The minimum atomic E-state index is -0.870. The summed E-state index contributed by atoms with van der Waals surface area (Å²) in [7, 11) is 0. The van der Waals surface area contributed by atoms with Crippen molar-refractivity contribution in [3.05, 3.63) is 63.6 Å². The summed E-state index contributed by atoms with van der Waals surface area (Å²) >= 11 is 3.35. The van der Waals surface area contributed by atoms with Crippen molar-refractivity contribution >= 4 is 39.3 Å². The van der Waals surface area contributed by atoms with Gasteiger partial charge in [-0.05, 0) is 42.7 Å². The van der Waals surface area contributed by atoms with Crippen molar-refractivity contribution in [3.8, 4) is 11.5 Å². The molecule has 0 radical (unpaired) electrons. The maximum atomic E-state index is 13.0. The van der Waals surface area contributed by atoms with E-state index in [0.29, 0.717) is 41.9 Å². The first-order valence-electron chi connectivity index (χ1n) is 10.5. The highest BCUT2D eigenvalue weighted by Crippen LogP contribution is 2.43. The molecule has 2 aliphatic rings. The lowest BCUT2D eigenvalue weighted by molar-refractivity contribution is -0.140. The average molecular weight is 516 g/mol. The molecule has 33 heavy (non-hydrogen) atoms. The molecule has 2 aromatic carbocycles. The third kappa shape index (κ3) is 4.73. The molecule has 0 saturated carbocycles. The maximum Gasteiger partial charge on any atom is 0.303 e. The Balaban J connectivity index is 1.70. The van der Waals surface area contributed by atoms with Gasteiger partial charge in [0.2, 0.25) is 6.79 Å². The Labute approximate surface area is 198 Å². The Morgan fingerprint density at radius 2 is 1.73 bits per heavy atom. The average Bonchev–Trinajstić information content (AvgIpc) is 3.36. The second-order valence-corrected chi connectivity index (χ2v) is 8.73. The summed E-state index contributed by atoms with van der Waals surface area (Å²) < 4.78 is 11.6. The topological polar surface area (TPSA) is 113 Å². The van der Waals surface area contributed by atoms with Gasteiger partial charge in [-0.3, -0.25) is 14.4 Å². The zero-order valence-electron chi connectivity index (χ0n) is 17.6. The van der Waals surface area contributed by atoms with Crippen LogP contribution >= 0.6 is 15.9 Å². The smallest absolute Gasteiger partial charge is 0.303 e. The normalized spacial score (nSPS) is 18.7. The SMILES string of the molecule is O=C(O)CCCCCN1C(=O)C(=O)C(=C(O)c2ccc(Br)cc2)[C@H]1c1ccc2c(c1)OCO2. The number of hydrogen-bond acceptors (Lipinski definition) is 6. The van der Waals surface area contributed by atoms with Crippen LogP contribution in [0.25, 0.3) is 5.76 Å². The molecule has 172 valence electrons. The monoisotopic (exact) mass is 515 g/mol. The fourth-order valence-corrected chi connectivity index (χ4v) is 4.30. The first-order valence-corrected chi connectivity index (χ1v) is 11.3. The molecule has 1 fully saturated rings. The maximum absolute atomic E-state index is 13.0. The lowest BCUT2D eigenvalue weighted by atomic mass is 9.95. The number of carboxylic acids is 1. The van der Waals surface area contributed by atoms with E-state index in [9.17, 15) is 19.5 Å². The Hall–Kier alpha value is -3.33. The number of carbonyl (C=O) groups is 3. The molecule has 4 rings (SSSR count). The summed E-state index contributed by atoms with van der Waals surface area (Å²) in [6.45, 7) is 0.335. The molecular formula is C24H22BrNO7. The molecule has 0 bridgehead atoms. The van der Waals surface area contributed by atoms with Crippen LogP contribution in [0.5, 0.6) is 11.5 Å². The lowest BCUT2D eigenvalue weighted by Crippen LogP contribution is -2.30. The summed E-state index contributed by atoms with van der Waals surface area (Å²) in [5, 5.41) is 19.9. The molecule has 2 aromatic rings. The van der Waals surface area contributed by atoms with Gasteiger partial charge in [-0.15, -0.1) is 0 Å². The van der Waals surface area contributed by atoms with Crippen molar-refractivity contribution in [2.75, 3.05) is 13.3 Å². The van der Waals surface area contributed by atoms with E-state index in [1.54, 1.807) is 42.5 Å². The second kappa shape index (κ2) is 9.66. The van der Waals surface area contributed by atoms with Gasteiger partial charge in [-0.25, -0.2) is 0 Å². The first kappa shape index (κ1) is 22.8. The van der Waals surface area contributed by atoms with Gasteiger partial charge in [-0.2, -0.15) is 0 Å². The molecule has 8 nitrogen and oxygen atoms in total. The molecule has 2 N–H and O–H groups in total. The van der Waals surface area contributed by atoms with E-state index in [1.807, 2.05) is 0 Å². The van der Waals surface area contributed by atoms with Crippen LogP contribution in [0.1, 0.15) is 42.9 Å². The number of aliphatic carboxylic acids is 1. The number of amides is 1. The summed E-state index contributed by atoms with van der Waals surface area (Å²) in [6, 6.07) is 11.2. The van der Waals surface area contributed by atoms with E-state index >= 15 is 0 Å². The van der Waals surface area contributed by atoms with Crippen molar-refractivity contribution in [2.24, 2.45) is 0 Å². The van der Waals surface area contributed by atoms with Crippen molar-refractivity contribution in [3.63, 3.8) is 0 Å². The number of carbonyl (C=O) groups excluding carboxylic acids is 2. The number of likely N-dealkylation sites (tertiary alicyclic amines) is 1. The molecule has 1 saturated heterocycles. The third-order valence-electron chi connectivity index (χ3n) is 5.66. The minimum Gasteiger partial charge on any atom is -0.507 e. The van der Waals surface area contributed by atoms with Crippen LogP contribution in [0.2, 0.25) is 0 Å². The number of rotatable bonds is 8. The highest BCUT2D eigenvalue weighted by Gasteiger charge is 2.46. The van der Waals surface area contributed by atoms with Gasteiger partial charge in [0.1, 0.15) is 5.76 Å². The first-order chi connectivity index (χ1) is 15.9. The van der Waals surface area contributed by atoms with Crippen LogP contribution in [0.15, 0.2) is 52.5 Å². The number of halogens is 1. The molecule has 2 aliphatic heterocycles. The van der Waals surface area contributed by atoms with Crippen molar-refractivity contribution in [2.45, 2.75) is 31.7 Å². The molecule has 1 atom stereocenters. The Morgan fingerprint density at radius 1 is 1.00 bits per heavy atom. The molecule has 9 heteroatoms. The molecular weight excluding hydrogens is 494 g/mol. The van der Waals surface area contributed by atoms with Crippen LogP contribution < -0.4 is 9.47 Å². The Bertz CT molecular complexity index is 1130. The number of ether oxygens (including phenoxy) is 2. The number of carboxylic acid groups (broad SMARTS) is 1. The van der Waals surface area contributed by atoms with Gasteiger partial charge in [0, 0.05) is 23.0 Å². The number of unbranched alkanes of at least 4 members (excludes halogenated alkanes) is 2. The predicted molar refractivity (Wildman–Crippen MR) is 122 cm³/mol. The lowest BCUT2D eigenvalue weighted by Gasteiger charge is -2.25. The molecule has 0 aromatic heterocycles. The minimum absolute atomic E-state index is 0.00623. The number of Topliss-reactive ketones (excluding diaryl/α,β-unsaturated/α-hetero) is 1. The Kier molecular flexibility index (Phi) is 6.69. The van der Waals surface area contributed by atoms with Gasteiger partial charge in [0.15, 0.2) is 11.5 Å². The molecule has 0 aliphatic carbocycles. The van der Waals surface area contributed by atoms with Crippen LogP contribution in [-0.2, 0) is 14.4 Å². The highest BCUT2D eigenvalue weighted by molar-refractivity contribution is 9.10. The Morgan fingerprint density at radius 3 is 2.45 bits per heavy atom. The van der Waals surface area contributed by atoms with Gasteiger partial charge in [0.25, 0.3) is 11.7 Å². The molecule has 2 heterocycles. The summed E-state index contributed by atoms with van der Waals surface area (Å²) in [4.78, 5) is 38.2. The van der Waals surface area contributed by atoms with E-state index in [-0.39, 0.29) is 31.1 Å². The largest absolute Gasteiger partial charge is 0.507 e. The highest BCUT2D eigenvalue weighted by atomic mass is 79.9. The van der Waals surface area contributed by atoms with E-state index in [0.717, 1.165) is 4.47 Å². The van der Waals surface area contributed by atoms with Gasteiger partial charge in [0.05, 0.1) is 11.6 Å². The molecule has 0 spiro atoms. The quantitative estimate of drug-likeness (QED) is 0.234. The zero-order valence-corrected chi connectivity index (χ0v) is 19.2. The zero-order chi connectivity index (χ0) is 23.5. The van der Waals surface area contributed by atoms with E-state index in [4.69, 9.17) is 14.6 Å². The number of aliphatic hydroxyl groups is 1. The van der Waals surface area contributed by atoms with Crippen molar-refractivity contribution in [1.82, 2.24) is 4.90 Å². The number of nitrogens with zero attached hydrogens (tertiary/aromatic N) is 1. The van der Waals surface area contributed by atoms with Crippen molar-refractivity contribution in [1.29, 1.82) is 0 Å². The number of ketones is 1. The van der Waals surface area contributed by atoms with Gasteiger partial charge < -0.3 is 24.6 Å².